The number of hydrogen-bond donors (Lipinski definition) is 1. The van der Waals surface area contributed by atoms with Gasteiger partial charge < -0.3 is 10.0 Å². The van der Waals surface area contributed by atoms with E-state index in [1.807, 2.05) is 0 Å². The van der Waals surface area contributed by atoms with Crippen LogP contribution in [0.1, 0.15) is 26.3 Å². The molecule has 0 aliphatic heterocycles. The molecule has 21 heavy (non-hydrogen) atoms. The standard InChI is InChI=1S/C14H18N2O5/c1-4-15(14(2,3)13(18)19)12(17)9-10-6-5-7-11(8-10)16(20)21/h5-8H,4,9H2,1-3H3,(H,18,19). The number of nitro groups is 1. The molecule has 0 radical (unpaired) electrons. The molecule has 0 aliphatic rings. The SMILES string of the molecule is CCN(C(=O)Cc1cccc([N+](=O)[O-])c1)C(C)(C)C(=O)O. The first-order valence-electron chi connectivity index (χ1n) is 6.47. The Morgan fingerprint density at radius 1 is 1.38 bits per heavy atom. The third-order valence-corrected chi connectivity index (χ3v) is 3.29. The van der Waals surface area contributed by atoms with Gasteiger partial charge in [-0.1, -0.05) is 12.1 Å². The molecule has 0 spiro atoms. The van der Waals surface area contributed by atoms with Gasteiger partial charge in [0.05, 0.1) is 11.3 Å². The zero-order chi connectivity index (χ0) is 16.2. The highest BCUT2D eigenvalue weighted by Gasteiger charge is 2.36. The van der Waals surface area contributed by atoms with Gasteiger partial charge in [-0.3, -0.25) is 14.9 Å². The van der Waals surface area contributed by atoms with Crippen LogP contribution in [0.4, 0.5) is 5.69 Å². The summed E-state index contributed by atoms with van der Waals surface area (Å²) in [7, 11) is 0. The number of nitro benzene ring substituents is 1. The van der Waals surface area contributed by atoms with Crippen LogP contribution in [0.25, 0.3) is 0 Å². The Labute approximate surface area is 122 Å². The van der Waals surface area contributed by atoms with E-state index in [1.165, 1.54) is 36.9 Å². The molecule has 0 aliphatic carbocycles. The number of benzene rings is 1. The van der Waals surface area contributed by atoms with E-state index in [-0.39, 0.29) is 24.6 Å². The fourth-order valence-corrected chi connectivity index (χ4v) is 2.05. The van der Waals surface area contributed by atoms with Gasteiger partial charge in [-0.2, -0.15) is 0 Å². The molecule has 1 rings (SSSR count). The van der Waals surface area contributed by atoms with Crippen molar-refractivity contribution < 1.29 is 19.6 Å². The van der Waals surface area contributed by atoms with Crippen LogP contribution in [0.15, 0.2) is 24.3 Å². The number of carboxylic acids is 1. The van der Waals surface area contributed by atoms with E-state index in [2.05, 4.69) is 0 Å². The minimum Gasteiger partial charge on any atom is -0.480 e. The van der Waals surface area contributed by atoms with E-state index in [1.54, 1.807) is 13.0 Å². The summed E-state index contributed by atoms with van der Waals surface area (Å²) in [4.78, 5) is 34.9. The molecule has 1 amide bonds. The molecule has 114 valence electrons. The molecule has 7 heteroatoms. The maximum atomic E-state index is 12.3. The van der Waals surface area contributed by atoms with Crippen LogP contribution >= 0.6 is 0 Å². The van der Waals surface area contributed by atoms with Crippen molar-refractivity contribution in [3.8, 4) is 0 Å². The van der Waals surface area contributed by atoms with Crippen molar-refractivity contribution in [2.24, 2.45) is 0 Å². The largest absolute Gasteiger partial charge is 0.480 e. The lowest BCUT2D eigenvalue weighted by Crippen LogP contribution is -2.53. The van der Waals surface area contributed by atoms with Gasteiger partial charge in [0.2, 0.25) is 5.91 Å². The summed E-state index contributed by atoms with van der Waals surface area (Å²) >= 11 is 0. The molecule has 0 fully saturated rings. The summed E-state index contributed by atoms with van der Waals surface area (Å²) in [6.45, 7) is 4.83. The number of amides is 1. The van der Waals surface area contributed by atoms with Gasteiger partial charge in [-0.05, 0) is 26.3 Å². The molecule has 1 N–H and O–H groups in total. The van der Waals surface area contributed by atoms with Crippen molar-refractivity contribution in [3.05, 3.63) is 39.9 Å². The molecule has 0 aromatic heterocycles. The van der Waals surface area contributed by atoms with E-state index in [9.17, 15) is 24.8 Å². The van der Waals surface area contributed by atoms with E-state index in [0.29, 0.717) is 5.56 Å². The molecule has 1 aromatic carbocycles. The lowest BCUT2D eigenvalue weighted by molar-refractivity contribution is -0.384. The number of likely N-dealkylation sites (N-methyl/N-ethyl adjacent to an activating group) is 1. The highest BCUT2D eigenvalue weighted by atomic mass is 16.6. The highest BCUT2D eigenvalue weighted by Crippen LogP contribution is 2.18. The third-order valence-electron chi connectivity index (χ3n) is 3.29. The molecule has 0 bridgehead atoms. The second kappa shape index (κ2) is 6.34. The molecule has 7 nitrogen and oxygen atoms in total. The maximum absolute atomic E-state index is 12.3. The second-order valence-corrected chi connectivity index (χ2v) is 5.11. The molecule has 0 saturated carbocycles. The van der Waals surface area contributed by atoms with Crippen molar-refractivity contribution in [2.45, 2.75) is 32.7 Å². The van der Waals surface area contributed by atoms with Crippen molar-refractivity contribution >= 4 is 17.6 Å². The first kappa shape index (κ1) is 16.6. The number of hydrogen-bond acceptors (Lipinski definition) is 4. The number of nitrogens with zero attached hydrogens (tertiary/aromatic N) is 2. The molecule has 1 aromatic rings. The quantitative estimate of drug-likeness (QED) is 0.637. The Morgan fingerprint density at radius 2 is 2.00 bits per heavy atom. The molecule has 0 unspecified atom stereocenters. The Morgan fingerprint density at radius 3 is 2.48 bits per heavy atom. The normalized spacial score (nSPS) is 11.0. The van der Waals surface area contributed by atoms with Crippen LogP contribution in [0.3, 0.4) is 0 Å². The van der Waals surface area contributed by atoms with Crippen LogP contribution < -0.4 is 0 Å². The number of carbonyl (C=O) groups excluding carboxylic acids is 1. The summed E-state index contributed by atoms with van der Waals surface area (Å²) in [6.07, 6.45) is -0.0772. The summed E-state index contributed by atoms with van der Waals surface area (Å²) in [5.74, 6) is -1.48. The molecular weight excluding hydrogens is 276 g/mol. The van der Waals surface area contributed by atoms with E-state index in [4.69, 9.17) is 0 Å². The summed E-state index contributed by atoms with van der Waals surface area (Å²) in [6, 6.07) is 5.76. The Balaban J connectivity index is 2.96. The summed E-state index contributed by atoms with van der Waals surface area (Å²) < 4.78 is 0. The first-order valence-corrected chi connectivity index (χ1v) is 6.47. The van der Waals surface area contributed by atoms with Gasteiger partial charge in [-0.25, -0.2) is 4.79 Å². The monoisotopic (exact) mass is 294 g/mol. The first-order chi connectivity index (χ1) is 9.70. The van der Waals surface area contributed by atoms with Crippen molar-refractivity contribution in [3.63, 3.8) is 0 Å². The minimum absolute atomic E-state index is 0.0772. The van der Waals surface area contributed by atoms with E-state index in [0.717, 1.165) is 0 Å². The van der Waals surface area contributed by atoms with Gasteiger partial charge in [0.1, 0.15) is 5.54 Å². The Bertz CT molecular complexity index is 568. The van der Waals surface area contributed by atoms with E-state index >= 15 is 0 Å². The average molecular weight is 294 g/mol. The minimum atomic E-state index is -1.33. The fourth-order valence-electron chi connectivity index (χ4n) is 2.05. The summed E-state index contributed by atoms with van der Waals surface area (Å²) in [5.41, 5.74) is -0.943. The Kier molecular flexibility index (Phi) is 5.02. The molecule has 0 heterocycles. The zero-order valence-electron chi connectivity index (χ0n) is 12.2. The predicted molar refractivity (Wildman–Crippen MR) is 75.9 cm³/mol. The topological polar surface area (TPSA) is 101 Å². The van der Waals surface area contributed by atoms with Gasteiger partial charge in [0.15, 0.2) is 0 Å². The lowest BCUT2D eigenvalue weighted by Gasteiger charge is -2.34. The number of carbonyl (C=O) groups is 2. The van der Waals surface area contributed by atoms with Crippen LogP contribution in [-0.2, 0) is 16.0 Å². The molecule has 0 atom stereocenters. The molecule has 0 saturated heterocycles. The van der Waals surface area contributed by atoms with Gasteiger partial charge >= 0.3 is 5.97 Å². The summed E-state index contributed by atoms with van der Waals surface area (Å²) in [5, 5.41) is 19.9. The zero-order valence-corrected chi connectivity index (χ0v) is 12.2. The number of carboxylic acid groups (broad SMARTS) is 1. The van der Waals surface area contributed by atoms with Crippen LogP contribution in [0.2, 0.25) is 0 Å². The van der Waals surface area contributed by atoms with Crippen LogP contribution in [0, 0.1) is 10.1 Å². The van der Waals surface area contributed by atoms with E-state index < -0.39 is 16.4 Å². The highest BCUT2D eigenvalue weighted by molar-refractivity contribution is 5.87. The van der Waals surface area contributed by atoms with Gasteiger partial charge in [0, 0.05) is 18.7 Å². The van der Waals surface area contributed by atoms with Crippen molar-refractivity contribution in [2.75, 3.05) is 6.54 Å². The van der Waals surface area contributed by atoms with Gasteiger partial charge in [0.25, 0.3) is 5.69 Å². The Hall–Kier alpha value is -2.44. The number of rotatable bonds is 6. The van der Waals surface area contributed by atoms with Crippen LogP contribution in [0.5, 0.6) is 0 Å². The van der Waals surface area contributed by atoms with Crippen molar-refractivity contribution in [1.82, 2.24) is 4.90 Å². The maximum Gasteiger partial charge on any atom is 0.329 e. The molecular formula is C14H18N2O5. The van der Waals surface area contributed by atoms with Crippen LogP contribution in [-0.4, -0.2) is 38.9 Å². The average Bonchev–Trinajstić information content (AvgIpc) is 2.39. The second-order valence-electron chi connectivity index (χ2n) is 5.11. The lowest BCUT2D eigenvalue weighted by atomic mass is 10.0. The van der Waals surface area contributed by atoms with Gasteiger partial charge in [-0.15, -0.1) is 0 Å². The third kappa shape index (κ3) is 3.77. The fraction of sp³-hybridized carbons (Fsp3) is 0.429. The van der Waals surface area contributed by atoms with Crippen molar-refractivity contribution in [1.29, 1.82) is 0 Å². The predicted octanol–water partition coefficient (Wildman–Crippen LogP) is 1.85. The number of non-ortho nitro benzene ring substituents is 1. The smallest absolute Gasteiger partial charge is 0.329 e. The number of aliphatic carboxylic acids is 1.